The number of aliphatic hydroxyl groups excluding tert-OH is 9. The van der Waals surface area contributed by atoms with E-state index in [1.807, 2.05) is 0 Å². The largest absolute Gasteiger partial charge is 0.480 e. The maximum Gasteiger partial charge on any atom is 0.317 e. The summed E-state index contributed by atoms with van der Waals surface area (Å²) in [5, 5.41) is 221. The first-order chi connectivity index (χ1) is 52.5. The second-order valence-corrected chi connectivity index (χ2v) is 25.7. The van der Waals surface area contributed by atoms with E-state index in [1.165, 1.54) is 0 Å². The number of carboxylic acid groups (broad SMARTS) is 12. The molecule has 0 unspecified atom stereocenters. The van der Waals surface area contributed by atoms with Gasteiger partial charge < -0.3 is 142 Å². The number of hydrogen-bond donors (Lipinski definition) is 24. The Labute approximate surface area is 634 Å². The lowest BCUT2D eigenvalue weighted by Crippen LogP contribution is -2.70. The number of nitrogens with one attached hydrogen (secondary N) is 3. The Morgan fingerprint density at radius 1 is 0.312 bits per heavy atom. The molecular formula is C60H100N12O40. The molecule has 52 nitrogen and oxygen atoms in total. The highest BCUT2D eigenvalue weighted by Crippen LogP contribution is 2.31. The Morgan fingerprint density at radius 2 is 0.571 bits per heavy atom. The molecule has 0 bridgehead atoms. The van der Waals surface area contributed by atoms with E-state index < -0.39 is 326 Å². The molecule has 0 spiro atoms. The van der Waals surface area contributed by atoms with Gasteiger partial charge >= 0.3 is 71.6 Å². The molecule has 0 aromatic carbocycles. The summed E-state index contributed by atoms with van der Waals surface area (Å²) in [7, 11) is 0. The van der Waals surface area contributed by atoms with Gasteiger partial charge in [0.1, 0.15) is 67.0 Å². The van der Waals surface area contributed by atoms with Gasteiger partial charge in [-0.25, -0.2) is 0 Å². The summed E-state index contributed by atoms with van der Waals surface area (Å²) in [6.07, 6.45) is -25.0. The van der Waals surface area contributed by atoms with Gasteiger partial charge in [-0.1, -0.05) is 0 Å². The van der Waals surface area contributed by atoms with Crippen molar-refractivity contribution in [2.45, 2.75) is 85.6 Å². The van der Waals surface area contributed by atoms with E-state index in [-0.39, 0.29) is 52.4 Å². The van der Waals surface area contributed by atoms with E-state index >= 15 is 0 Å². The van der Waals surface area contributed by atoms with Gasteiger partial charge in [0.25, 0.3) is 0 Å². The molecule has 0 saturated carbocycles. The fourth-order valence-electron chi connectivity index (χ4n) is 11.5. The predicted molar refractivity (Wildman–Crippen MR) is 361 cm³/mol. The summed E-state index contributed by atoms with van der Waals surface area (Å²) in [6.45, 7) is -22.8. The molecule has 24 N–H and O–H groups in total. The van der Waals surface area contributed by atoms with Crippen molar-refractivity contribution in [3.8, 4) is 0 Å². The second-order valence-electron chi connectivity index (χ2n) is 25.7. The van der Waals surface area contributed by atoms with Crippen LogP contribution in [0.15, 0.2) is 0 Å². The Hall–Kier alpha value is -8.83. The third-order valence-electron chi connectivity index (χ3n) is 16.7. The number of nitrogens with zero attached hydrogens (tertiary/aromatic N) is 9. The van der Waals surface area contributed by atoms with Crippen molar-refractivity contribution in [1.29, 1.82) is 0 Å². The number of carbonyl (C=O) groups excluding carboxylic acids is 3. The highest BCUT2D eigenvalue weighted by molar-refractivity contribution is 5.81. The first kappa shape index (κ1) is 99.2. The lowest BCUT2D eigenvalue weighted by Gasteiger charge is -2.48. The van der Waals surface area contributed by atoms with Crippen LogP contribution < -0.4 is 16.0 Å². The maximum atomic E-state index is 14.4. The Kier molecular flexibility index (Phi) is 45.2. The molecule has 0 aliphatic carbocycles. The molecule has 3 amide bonds. The molecule has 2 aliphatic heterocycles. The molecule has 2 rings (SSSR count). The number of rotatable bonds is 62. The van der Waals surface area contributed by atoms with E-state index in [0.717, 1.165) is 44.1 Å². The summed E-state index contributed by atoms with van der Waals surface area (Å²) >= 11 is 0. The van der Waals surface area contributed by atoms with Crippen molar-refractivity contribution in [2.75, 3.05) is 203 Å². The monoisotopic (exact) mass is 1630 g/mol. The van der Waals surface area contributed by atoms with Crippen LogP contribution in [-0.4, -0.2) is 529 Å². The molecule has 112 heavy (non-hydrogen) atoms. The Morgan fingerprint density at radius 3 is 0.848 bits per heavy atom. The lowest BCUT2D eigenvalue weighted by molar-refractivity contribution is -0.340. The zero-order valence-corrected chi connectivity index (χ0v) is 60.2. The highest BCUT2D eigenvalue weighted by atomic mass is 16.7. The average Bonchev–Trinajstić information content (AvgIpc) is 0.774. The van der Waals surface area contributed by atoms with Crippen LogP contribution in [0, 0.1) is 0 Å². The zero-order valence-electron chi connectivity index (χ0n) is 60.2. The van der Waals surface area contributed by atoms with Crippen molar-refractivity contribution in [2.24, 2.45) is 0 Å². The molecule has 0 radical (unpaired) electrons. The van der Waals surface area contributed by atoms with Gasteiger partial charge in [-0.05, 0) is 0 Å². The number of aliphatic carboxylic acids is 12. The van der Waals surface area contributed by atoms with Crippen LogP contribution in [0.25, 0.3) is 0 Å². The van der Waals surface area contributed by atoms with Crippen LogP contribution >= 0.6 is 0 Å². The lowest BCUT2D eigenvalue weighted by atomic mass is 9.94. The van der Waals surface area contributed by atoms with Crippen molar-refractivity contribution in [3.05, 3.63) is 0 Å². The van der Waals surface area contributed by atoms with E-state index in [2.05, 4.69) is 16.0 Å². The number of carbonyl (C=O) groups is 15. The SMILES string of the molecule is O=C(O)CN(CCN(CC(=O)O)CC(=O)O)CCN(CC(=O)O)CC(=O)N[C@H]1[C@@H](O[C@@H](CO)[C@@H](O)[C@H](O)[C@@H](CO)NC(=O)CN(CCN(CCN(CC(=O)O)CC(=O)O)CC(=O)O)CC(=O)O)O[C@H](CO)[C@@H](O[C@H]2O[C@H](CO)[C@@H](O)[C@H](O)[C@H]2NC(=O)CN(CCN(CCN(CC(=O)O)CC(=O)O)CC(=O)O)CC(=O)O)[C@@H]1O. The van der Waals surface area contributed by atoms with Gasteiger partial charge in [-0.3, -0.25) is 116 Å². The smallest absolute Gasteiger partial charge is 0.317 e. The molecule has 2 saturated heterocycles. The second kappa shape index (κ2) is 51.0. The molecule has 0 aromatic rings. The van der Waals surface area contributed by atoms with Gasteiger partial charge in [0.2, 0.25) is 17.7 Å². The fourth-order valence-corrected chi connectivity index (χ4v) is 11.5. The minimum atomic E-state index is -2.55. The zero-order chi connectivity index (χ0) is 84.8. The standard InChI is InChI=1S/C60H100N12O40/c73-28-32(61-36(77)13-67(19-42(86)87)7-1-64(16-39(80)81)4-10-70(22-45(92)93)23-46(94)95)53(104)54(105)33(29-74)109-59-52(63-38(79)15-69(21-44(90)91)9-3-66(18-41(84)85)6-12-72(26-49(100)101)27-50(102)103)57(108)58(35(31-76)111-59)112-60-51(56(107)55(106)34(30-75)110-60)62-37(78)14-68(20-43(88)89)8-2-65(17-40(82)83)5-11-71(24-47(96)97)25-48(98)99/h32-35,51-60,73-76,104-108H,1-31H2,(H,61,77)(H,62,78)(H,63,79)(H,80,81)(H,82,83)(H,84,85)(H,86,87)(H,88,89)(H,90,91)(H,92,93)(H,94,95)(H,96,97)(H,98,99)(H,100,101)(H,102,103)/t32-,33+,34-,35-,51-,52-,53-,54-,55-,56-,57-,58-,59+,60-/m1/s1. The third-order valence-corrected chi connectivity index (χ3v) is 16.7. The highest BCUT2D eigenvalue weighted by Gasteiger charge is 2.53. The number of amides is 3. The van der Waals surface area contributed by atoms with Crippen molar-refractivity contribution in [1.82, 2.24) is 60.0 Å². The first-order valence-corrected chi connectivity index (χ1v) is 33.9. The number of ether oxygens (including phenoxy) is 4. The van der Waals surface area contributed by atoms with Crippen LogP contribution in [0.1, 0.15) is 0 Å². The molecule has 52 heteroatoms. The minimum absolute atomic E-state index is 0.296. The van der Waals surface area contributed by atoms with Crippen LogP contribution in [-0.2, 0) is 90.9 Å². The van der Waals surface area contributed by atoms with Gasteiger partial charge in [0.05, 0.1) is 131 Å². The number of hydrogen-bond acceptors (Lipinski definition) is 37. The summed E-state index contributed by atoms with van der Waals surface area (Å²) in [6, 6.07) is -6.37. The van der Waals surface area contributed by atoms with Gasteiger partial charge in [-0.15, -0.1) is 0 Å². The number of carboxylic acids is 12. The topological polar surface area (TPSA) is 783 Å². The van der Waals surface area contributed by atoms with Crippen LogP contribution in [0.2, 0.25) is 0 Å². The van der Waals surface area contributed by atoms with Gasteiger partial charge in [0.15, 0.2) is 12.6 Å². The van der Waals surface area contributed by atoms with Crippen molar-refractivity contribution >= 4 is 89.4 Å². The summed E-state index contributed by atoms with van der Waals surface area (Å²) in [4.78, 5) is 191. The van der Waals surface area contributed by atoms with Crippen molar-refractivity contribution in [3.63, 3.8) is 0 Å². The van der Waals surface area contributed by atoms with Gasteiger partial charge in [0, 0.05) is 78.5 Å². The molecule has 2 heterocycles. The summed E-state index contributed by atoms with van der Waals surface area (Å²) in [5.74, 6) is -21.5. The van der Waals surface area contributed by atoms with Gasteiger partial charge in [-0.2, -0.15) is 0 Å². The van der Waals surface area contributed by atoms with E-state index in [0.29, 0.717) is 0 Å². The molecule has 2 fully saturated rings. The van der Waals surface area contributed by atoms with Crippen LogP contribution in [0.3, 0.4) is 0 Å². The summed E-state index contributed by atoms with van der Waals surface area (Å²) in [5.41, 5.74) is 0. The molecule has 2 aliphatic rings. The van der Waals surface area contributed by atoms with Crippen LogP contribution in [0.5, 0.6) is 0 Å². The van der Waals surface area contributed by atoms with E-state index in [9.17, 15) is 179 Å². The van der Waals surface area contributed by atoms with Crippen LogP contribution in [0.4, 0.5) is 0 Å². The first-order valence-electron chi connectivity index (χ1n) is 33.9. The third kappa shape index (κ3) is 39.1. The maximum absolute atomic E-state index is 14.4. The summed E-state index contributed by atoms with van der Waals surface area (Å²) < 4.78 is 23.6. The quantitative estimate of drug-likeness (QED) is 0.0269. The molecular weight excluding hydrogens is 1530 g/mol. The normalized spacial score (nSPS) is 21.1. The van der Waals surface area contributed by atoms with E-state index in [1.54, 1.807) is 0 Å². The van der Waals surface area contributed by atoms with E-state index in [4.69, 9.17) is 18.9 Å². The average molecular weight is 1630 g/mol. The minimum Gasteiger partial charge on any atom is -0.480 e. The fraction of sp³-hybridized carbons (Fsp3) is 0.750. The Balaban J connectivity index is 2.71. The Bertz CT molecular complexity index is 3050. The predicted octanol–water partition coefficient (Wildman–Crippen LogP) is -15.8. The number of aliphatic hydroxyl groups is 9. The molecule has 640 valence electrons. The molecule has 0 aromatic heterocycles. The van der Waals surface area contributed by atoms with Crippen molar-refractivity contribution < 1.29 is 198 Å². The molecule has 14 atom stereocenters.